The number of unbranched alkanes of at least 4 members (excludes halogenated alkanes) is 1. The number of methoxy groups -OCH3 is 1. The van der Waals surface area contributed by atoms with Crippen molar-refractivity contribution in [3.63, 3.8) is 0 Å². The Hall–Kier alpha value is -1.60. The van der Waals surface area contributed by atoms with E-state index in [-0.39, 0.29) is 22.6 Å². The number of rotatable bonds is 11. The molecule has 0 unspecified atom stereocenters. The second-order valence-corrected chi connectivity index (χ2v) is 5.64. The number of aromatic nitrogens is 2. The van der Waals surface area contributed by atoms with Crippen molar-refractivity contribution in [1.29, 1.82) is 0 Å². The molecular weight excluding hydrogens is 330 g/mol. The van der Waals surface area contributed by atoms with Gasteiger partial charge < -0.3 is 20.3 Å². The van der Waals surface area contributed by atoms with Crippen LogP contribution in [0.15, 0.2) is 0 Å². The van der Waals surface area contributed by atoms with Gasteiger partial charge in [-0.3, -0.25) is 4.79 Å². The molecule has 0 aliphatic heterocycles. The minimum atomic E-state index is -0.339. The van der Waals surface area contributed by atoms with Gasteiger partial charge in [0.05, 0.1) is 7.11 Å². The number of halogens is 1. The first-order valence-corrected chi connectivity index (χ1v) is 8.80. The van der Waals surface area contributed by atoms with Gasteiger partial charge in [-0.25, -0.2) is 4.98 Å². The molecule has 1 amide bonds. The maximum absolute atomic E-state index is 12.3. The fourth-order valence-corrected chi connectivity index (χ4v) is 2.33. The SMILES string of the molecule is CCCCNc1nc(OC)c(C(=O)NCCN(CC)CC)nc1Cl. The molecule has 0 radical (unpaired) electrons. The van der Waals surface area contributed by atoms with E-state index >= 15 is 0 Å². The van der Waals surface area contributed by atoms with Crippen LogP contribution in [0.5, 0.6) is 5.88 Å². The monoisotopic (exact) mass is 357 g/mol. The van der Waals surface area contributed by atoms with Crippen molar-refractivity contribution >= 4 is 23.3 Å². The van der Waals surface area contributed by atoms with Crippen LogP contribution in [-0.4, -0.2) is 60.6 Å². The molecule has 0 aromatic carbocycles. The molecule has 1 heterocycles. The molecule has 0 fully saturated rings. The maximum Gasteiger partial charge on any atom is 0.275 e. The number of hydrogen-bond acceptors (Lipinski definition) is 6. The van der Waals surface area contributed by atoms with Crippen molar-refractivity contribution in [2.45, 2.75) is 33.6 Å². The van der Waals surface area contributed by atoms with Crippen LogP contribution in [0.3, 0.4) is 0 Å². The number of carbonyl (C=O) groups excluding carboxylic acids is 1. The summed E-state index contributed by atoms with van der Waals surface area (Å²) in [6, 6.07) is 0. The molecule has 7 nitrogen and oxygen atoms in total. The van der Waals surface area contributed by atoms with Gasteiger partial charge >= 0.3 is 0 Å². The molecule has 1 rings (SSSR count). The van der Waals surface area contributed by atoms with Crippen LogP contribution in [0.1, 0.15) is 44.1 Å². The van der Waals surface area contributed by atoms with Gasteiger partial charge in [0.1, 0.15) is 0 Å². The first-order chi connectivity index (χ1) is 11.6. The molecule has 0 spiro atoms. The molecule has 0 saturated carbocycles. The van der Waals surface area contributed by atoms with Crippen LogP contribution in [0.2, 0.25) is 5.15 Å². The summed E-state index contributed by atoms with van der Waals surface area (Å²) < 4.78 is 5.19. The Kier molecular flexibility index (Phi) is 9.41. The highest BCUT2D eigenvalue weighted by Crippen LogP contribution is 2.23. The van der Waals surface area contributed by atoms with E-state index in [1.54, 1.807) is 0 Å². The first-order valence-electron chi connectivity index (χ1n) is 8.43. The molecule has 1 aromatic heterocycles. The van der Waals surface area contributed by atoms with Crippen molar-refractivity contribution in [1.82, 2.24) is 20.2 Å². The smallest absolute Gasteiger partial charge is 0.275 e. The number of anilines is 1. The molecule has 136 valence electrons. The molecule has 0 bridgehead atoms. The lowest BCUT2D eigenvalue weighted by atomic mass is 10.3. The van der Waals surface area contributed by atoms with Crippen molar-refractivity contribution in [2.24, 2.45) is 0 Å². The highest BCUT2D eigenvalue weighted by molar-refractivity contribution is 6.31. The summed E-state index contributed by atoms with van der Waals surface area (Å²) in [6.07, 6.45) is 2.05. The summed E-state index contributed by atoms with van der Waals surface area (Å²) in [5.74, 6) is 0.258. The molecular formula is C16H28ClN5O2. The summed E-state index contributed by atoms with van der Waals surface area (Å²) in [4.78, 5) is 22.9. The van der Waals surface area contributed by atoms with E-state index in [1.165, 1.54) is 7.11 Å². The Morgan fingerprint density at radius 1 is 1.21 bits per heavy atom. The van der Waals surface area contributed by atoms with Crippen LogP contribution < -0.4 is 15.4 Å². The van der Waals surface area contributed by atoms with E-state index in [9.17, 15) is 4.79 Å². The Morgan fingerprint density at radius 3 is 2.50 bits per heavy atom. The molecule has 0 saturated heterocycles. The minimum absolute atomic E-state index is 0.100. The fraction of sp³-hybridized carbons (Fsp3) is 0.688. The van der Waals surface area contributed by atoms with Gasteiger partial charge in [0.25, 0.3) is 5.91 Å². The van der Waals surface area contributed by atoms with Crippen molar-refractivity contribution < 1.29 is 9.53 Å². The topological polar surface area (TPSA) is 79.4 Å². The largest absolute Gasteiger partial charge is 0.479 e. The average molecular weight is 358 g/mol. The Labute approximate surface area is 149 Å². The zero-order valence-electron chi connectivity index (χ0n) is 15.0. The van der Waals surface area contributed by atoms with Crippen LogP contribution in [-0.2, 0) is 0 Å². The second-order valence-electron chi connectivity index (χ2n) is 5.28. The number of nitrogens with one attached hydrogen (secondary N) is 2. The van der Waals surface area contributed by atoms with Gasteiger partial charge in [0.2, 0.25) is 5.88 Å². The third-order valence-corrected chi connectivity index (χ3v) is 3.92. The number of nitrogens with zero attached hydrogens (tertiary/aromatic N) is 3. The zero-order valence-corrected chi connectivity index (χ0v) is 15.7. The van der Waals surface area contributed by atoms with Gasteiger partial charge in [-0.1, -0.05) is 38.8 Å². The van der Waals surface area contributed by atoms with Gasteiger partial charge in [0.15, 0.2) is 16.7 Å². The lowest BCUT2D eigenvalue weighted by Crippen LogP contribution is -2.35. The molecule has 8 heteroatoms. The Balaban J connectivity index is 2.75. The van der Waals surface area contributed by atoms with Gasteiger partial charge in [-0.2, -0.15) is 4.98 Å². The lowest BCUT2D eigenvalue weighted by molar-refractivity contribution is 0.0939. The predicted octanol–water partition coefficient (Wildman–Crippen LogP) is 2.42. The number of amides is 1. The molecule has 0 atom stereocenters. The third kappa shape index (κ3) is 6.13. The summed E-state index contributed by atoms with van der Waals surface area (Å²) in [7, 11) is 1.46. The summed E-state index contributed by atoms with van der Waals surface area (Å²) >= 11 is 6.13. The molecule has 1 aromatic rings. The number of likely N-dealkylation sites (N-methyl/N-ethyl adjacent to an activating group) is 1. The van der Waals surface area contributed by atoms with Crippen molar-refractivity contribution in [3.8, 4) is 5.88 Å². The van der Waals surface area contributed by atoms with E-state index < -0.39 is 0 Å². The molecule has 2 N–H and O–H groups in total. The summed E-state index contributed by atoms with van der Waals surface area (Å²) in [5.41, 5.74) is 0.100. The fourth-order valence-electron chi connectivity index (χ4n) is 2.14. The lowest BCUT2D eigenvalue weighted by Gasteiger charge is -2.18. The number of carbonyl (C=O) groups is 1. The number of ether oxygens (including phenoxy) is 1. The normalized spacial score (nSPS) is 10.8. The molecule has 0 aliphatic rings. The van der Waals surface area contributed by atoms with Crippen LogP contribution in [0.4, 0.5) is 5.82 Å². The van der Waals surface area contributed by atoms with E-state index in [0.717, 1.165) is 39.0 Å². The van der Waals surface area contributed by atoms with Gasteiger partial charge in [-0.15, -0.1) is 0 Å². The van der Waals surface area contributed by atoms with Crippen molar-refractivity contribution in [2.75, 3.05) is 45.2 Å². The predicted molar refractivity (Wildman–Crippen MR) is 97.1 cm³/mol. The second kappa shape index (κ2) is 11.0. The Bertz CT molecular complexity index is 523. The van der Waals surface area contributed by atoms with Crippen LogP contribution >= 0.6 is 11.6 Å². The van der Waals surface area contributed by atoms with E-state index in [0.29, 0.717) is 12.4 Å². The quantitative estimate of drug-likeness (QED) is 0.592. The van der Waals surface area contributed by atoms with Crippen molar-refractivity contribution in [3.05, 3.63) is 10.8 Å². The summed E-state index contributed by atoms with van der Waals surface area (Å²) in [6.45, 7) is 10.2. The highest BCUT2D eigenvalue weighted by Gasteiger charge is 2.19. The van der Waals surface area contributed by atoms with E-state index in [4.69, 9.17) is 16.3 Å². The van der Waals surface area contributed by atoms with Crippen LogP contribution in [0.25, 0.3) is 0 Å². The highest BCUT2D eigenvalue weighted by atomic mass is 35.5. The average Bonchev–Trinajstić information content (AvgIpc) is 2.59. The minimum Gasteiger partial charge on any atom is -0.479 e. The third-order valence-electron chi connectivity index (χ3n) is 3.66. The standard InChI is InChI=1S/C16H28ClN5O2/c1-5-8-9-18-14-13(17)20-12(16(21-14)24-4)15(23)19-10-11-22(6-2)7-3/h5-11H2,1-4H3,(H,18,21)(H,19,23). The van der Waals surface area contributed by atoms with E-state index in [1.807, 2.05) is 0 Å². The number of hydrogen-bond donors (Lipinski definition) is 2. The van der Waals surface area contributed by atoms with E-state index in [2.05, 4.69) is 46.3 Å². The summed E-state index contributed by atoms with van der Waals surface area (Å²) in [5, 5.41) is 6.10. The van der Waals surface area contributed by atoms with Gasteiger partial charge in [0, 0.05) is 19.6 Å². The Morgan fingerprint density at radius 2 is 1.92 bits per heavy atom. The molecule has 24 heavy (non-hydrogen) atoms. The zero-order chi connectivity index (χ0) is 17.9. The van der Waals surface area contributed by atoms with Crippen LogP contribution in [0, 0.1) is 0 Å². The van der Waals surface area contributed by atoms with Gasteiger partial charge in [-0.05, 0) is 19.5 Å². The first kappa shape index (κ1) is 20.4. The maximum atomic E-state index is 12.3. The molecule has 0 aliphatic carbocycles.